The molecule has 5 nitrogen and oxygen atoms in total. The molecule has 108 valence electrons. The molecule has 0 aliphatic rings. The standard InChI is InChI=1S/C12H14BrN3O2S2/c1-2-15-10-5-6-14-8-11(10)20(17,18)16-7-9-3-4-12(13)19-9/h3-6,8,16H,2,7H2,1H3,(H,14,15). The molecule has 0 saturated carbocycles. The van der Waals surface area contributed by atoms with E-state index in [0.29, 0.717) is 12.2 Å². The van der Waals surface area contributed by atoms with Crippen molar-refractivity contribution in [3.8, 4) is 0 Å². The highest BCUT2D eigenvalue weighted by atomic mass is 79.9. The number of thiophene rings is 1. The maximum Gasteiger partial charge on any atom is 0.244 e. The van der Waals surface area contributed by atoms with Gasteiger partial charge in [-0.3, -0.25) is 4.98 Å². The molecule has 0 bridgehead atoms. The van der Waals surface area contributed by atoms with Gasteiger partial charge in [0.15, 0.2) is 0 Å². The third kappa shape index (κ3) is 3.78. The van der Waals surface area contributed by atoms with Crippen LogP contribution in [0.3, 0.4) is 0 Å². The summed E-state index contributed by atoms with van der Waals surface area (Å²) in [4.78, 5) is 4.99. The lowest BCUT2D eigenvalue weighted by Crippen LogP contribution is -2.24. The molecule has 2 heterocycles. The molecule has 0 unspecified atom stereocenters. The van der Waals surface area contributed by atoms with Crippen LogP contribution in [0.15, 0.2) is 39.3 Å². The van der Waals surface area contributed by atoms with Crippen LogP contribution < -0.4 is 10.0 Å². The molecule has 2 aromatic rings. The van der Waals surface area contributed by atoms with Crippen LogP contribution in [0.5, 0.6) is 0 Å². The van der Waals surface area contributed by atoms with Gasteiger partial charge < -0.3 is 5.32 Å². The van der Waals surface area contributed by atoms with Crippen LogP contribution in [0, 0.1) is 0 Å². The van der Waals surface area contributed by atoms with Crippen LogP contribution in [0.25, 0.3) is 0 Å². The smallest absolute Gasteiger partial charge is 0.244 e. The summed E-state index contributed by atoms with van der Waals surface area (Å²) in [5, 5.41) is 3.02. The fourth-order valence-electron chi connectivity index (χ4n) is 1.62. The van der Waals surface area contributed by atoms with E-state index in [1.807, 2.05) is 19.1 Å². The van der Waals surface area contributed by atoms with Gasteiger partial charge in [-0.2, -0.15) is 0 Å². The predicted octanol–water partition coefficient (Wildman–Crippen LogP) is 2.82. The van der Waals surface area contributed by atoms with Crippen LogP contribution in [0.4, 0.5) is 5.69 Å². The molecule has 0 fully saturated rings. The van der Waals surface area contributed by atoms with Crippen molar-refractivity contribution in [1.29, 1.82) is 0 Å². The van der Waals surface area contributed by atoms with E-state index >= 15 is 0 Å². The highest BCUT2D eigenvalue weighted by molar-refractivity contribution is 9.11. The number of hydrogen-bond donors (Lipinski definition) is 2. The average molecular weight is 376 g/mol. The maximum absolute atomic E-state index is 12.3. The van der Waals surface area contributed by atoms with Crippen molar-refractivity contribution in [3.63, 3.8) is 0 Å². The number of nitrogens with zero attached hydrogens (tertiary/aromatic N) is 1. The Balaban J connectivity index is 2.18. The first kappa shape index (κ1) is 15.4. The summed E-state index contributed by atoms with van der Waals surface area (Å²) in [7, 11) is -3.59. The van der Waals surface area contributed by atoms with Gasteiger partial charge in [0.05, 0.1) is 9.47 Å². The van der Waals surface area contributed by atoms with E-state index in [9.17, 15) is 8.42 Å². The van der Waals surface area contributed by atoms with Crippen LogP contribution in [-0.4, -0.2) is 19.9 Å². The number of nitrogens with one attached hydrogen (secondary N) is 2. The first-order valence-electron chi connectivity index (χ1n) is 5.94. The van der Waals surface area contributed by atoms with E-state index < -0.39 is 10.0 Å². The normalized spacial score (nSPS) is 11.5. The molecule has 20 heavy (non-hydrogen) atoms. The molecule has 0 aliphatic carbocycles. The molecule has 8 heteroatoms. The van der Waals surface area contributed by atoms with Gasteiger partial charge in [0.1, 0.15) is 4.90 Å². The highest BCUT2D eigenvalue weighted by Crippen LogP contribution is 2.23. The van der Waals surface area contributed by atoms with Crippen molar-refractivity contribution in [2.45, 2.75) is 18.4 Å². The van der Waals surface area contributed by atoms with E-state index in [0.717, 1.165) is 8.66 Å². The van der Waals surface area contributed by atoms with Gasteiger partial charge in [-0.05, 0) is 41.1 Å². The van der Waals surface area contributed by atoms with Gasteiger partial charge in [0, 0.05) is 30.4 Å². The predicted molar refractivity (Wildman–Crippen MR) is 84.4 cm³/mol. The molecule has 2 aromatic heterocycles. The zero-order valence-corrected chi connectivity index (χ0v) is 14.0. The number of anilines is 1. The summed E-state index contributed by atoms with van der Waals surface area (Å²) < 4.78 is 28.2. The first-order chi connectivity index (χ1) is 9.53. The zero-order chi connectivity index (χ0) is 14.6. The van der Waals surface area contributed by atoms with Crippen molar-refractivity contribution >= 4 is 43.0 Å². The second-order valence-electron chi connectivity index (χ2n) is 3.93. The molecule has 2 rings (SSSR count). The molecule has 0 radical (unpaired) electrons. The van der Waals surface area contributed by atoms with Crippen LogP contribution in [0.1, 0.15) is 11.8 Å². The van der Waals surface area contributed by atoms with E-state index in [1.165, 1.54) is 17.5 Å². The fraction of sp³-hybridized carbons (Fsp3) is 0.250. The van der Waals surface area contributed by atoms with Crippen molar-refractivity contribution in [2.24, 2.45) is 0 Å². The van der Waals surface area contributed by atoms with Crippen molar-refractivity contribution in [2.75, 3.05) is 11.9 Å². The number of hydrogen-bond acceptors (Lipinski definition) is 5. The van der Waals surface area contributed by atoms with Gasteiger partial charge in [-0.25, -0.2) is 13.1 Å². The van der Waals surface area contributed by atoms with Gasteiger partial charge in [-0.1, -0.05) is 0 Å². The minimum absolute atomic E-state index is 0.164. The maximum atomic E-state index is 12.3. The Morgan fingerprint density at radius 1 is 1.35 bits per heavy atom. The summed E-state index contributed by atoms with van der Waals surface area (Å²) in [5.41, 5.74) is 0.558. The van der Waals surface area contributed by atoms with Crippen molar-refractivity contribution in [3.05, 3.63) is 39.3 Å². The van der Waals surface area contributed by atoms with E-state index in [2.05, 4.69) is 31.0 Å². The molecular formula is C12H14BrN3O2S2. The molecule has 0 amide bonds. The molecular weight excluding hydrogens is 362 g/mol. The highest BCUT2D eigenvalue weighted by Gasteiger charge is 2.18. The van der Waals surface area contributed by atoms with Gasteiger partial charge in [0.2, 0.25) is 10.0 Å². The summed E-state index contributed by atoms with van der Waals surface area (Å²) in [6, 6.07) is 5.42. The van der Waals surface area contributed by atoms with Crippen LogP contribution in [-0.2, 0) is 16.6 Å². The number of rotatable bonds is 6. The molecule has 0 aromatic carbocycles. The quantitative estimate of drug-likeness (QED) is 0.814. The van der Waals surface area contributed by atoms with Crippen molar-refractivity contribution < 1.29 is 8.42 Å². The second-order valence-corrected chi connectivity index (χ2v) is 8.22. The number of sulfonamides is 1. The SMILES string of the molecule is CCNc1ccncc1S(=O)(=O)NCc1ccc(Br)s1. The lowest BCUT2D eigenvalue weighted by atomic mass is 10.4. The lowest BCUT2D eigenvalue weighted by Gasteiger charge is -2.11. The first-order valence-corrected chi connectivity index (χ1v) is 9.04. The lowest BCUT2D eigenvalue weighted by molar-refractivity contribution is 0.581. The molecule has 2 N–H and O–H groups in total. The largest absolute Gasteiger partial charge is 0.384 e. The monoisotopic (exact) mass is 375 g/mol. The second kappa shape index (κ2) is 6.66. The Morgan fingerprint density at radius 3 is 2.80 bits per heavy atom. The van der Waals surface area contributed by atoms with Crippen LogP contribution >= 0.6 is 27.3 Å². The summed E-state index contributed by atoms with van der Waals surface area (Å²) in [6.45, 7) is 2.82. The Kier molecular flexibility index (Phi) is 5.14. The van der Waals surface area contributed by atoms with E-state index in [-0.39, 0.29) is 11.4 Å². The molecule has 0 spiro atoms. The minimum Gasteiger partial charge on any atom is -0.384 e. The van der Waals surface area contributed by atoms with Crippen LogP contribution in [0.2, 0.25) is 0 Å². The molecule has 0 saturated heterocycles. The third-order valence-electron chi connectivity index (χ3n) is 2.51. The average Bonchev–Trinajstić information content (AvgIpc) is 2.83. The number of pyridine rings is 1. The Labute approximate surface area is 130 Å². The van der Waals surface area contributed by atoms with Gasteiger partial charge >= 0.3 is 0 Å². The topological polar surface area (TPSA) is 71.1 Å². The Morgan fingerprint density at radius 2 is 2.15 bits per heavy atom. The third-order valence-corrected chi connectivity index (χ3v) is 5.56. The Bertz CT molecular complexity index is 686. The Hall–Kier alpha value is -0.960. The van der Waals surface area contributed by atoms with Gasteiger partial charge in [0.25, 0.3) is 0 Å². The number of aromatic nitrogens is 1. The molecule has 0 aliphatic heterocycles. The van der Waals surface area contributed by atoms with Crippen molar-refractivity contribution in [1.82, 2.24) is 9.71 Å². The summed E-state index contributed by atoms with van der Waals surface area (Å²) in [5.74, 6) is 0. The van der Waals surface area contributed by atoms with Gasteiger partial charge in [-0.15, -0.1) is 11.3 Å². The summed E-state index contributed by atoms with van der Waals surface area (Å²) in [6.07, 6.45) is 2.91. The van der Waals surface area contributed by atoms with E-state index in [1.54, 1.807) is 12.3 Å². The molecule has 0 atom stereocenters. The van der Waals surface area contributed by atoms with E-state index in [4.69, 9.17) is 0 Å². The minimum atomic E-state index is -3.59. The zero-order valence-electron chi connectivity index (χ0n) is 10.8. The number of halogens is 1. The summed E-state index contributed by atoms with van der Waals surface area (Å²) >= 11 is 4.85. The fourth-order valence-corrected chi connectivity index (χ4v) is 4.27.